The maximum Gasteiger partial charge on any atom is 0.226 e. The summed E-state index contributed by atoms with van der Waals surface area (Å²) in [6.45, 7) is 1.86. The molecule has 3 rings (SSSR count). The Balaban J connectivity index is 1.58. The number of carbonyl (C=O) groups excluding carboxylic acids is 2. The van der Waals surface area contributed by atoms with E-state index in [4.69, 9.17) is 11.6 Å². The summed E-state index contributed by atoms with van der Waals surface area (Å²) in [6.07, 6.45) is 0.213. The molecule has 0 atom stereocenters. The van der Waals surface area contributed by atoms with E-state index in [1.54, 1.807) is 6.07 Å². The Morgan fingerprint density at radius 1 is 1.11 bits per heavy atom. The molecule has 0 saturated carbocycles. The van der Waals surface area contributed by atoms with Gasteiger partial charge in [0.1, 0.15) is 5.01 Å². The average molecular weight is 400 g/mol. The molecule has 27 heavy (non-hydrogen) atoms. The van der Waals surface area contributed by atoms with Crippen LogP contribution in [0.1, 0.15) is 18.2 Å². The summed E-state index contributed by atoms with van der Waals surface area (Å²) in [6, 6.07) is 14.9. The number of anilines is 1. The van der Waals surface area contributed by atoms with Crippen LogP contribution < -0.4 is 10.6 Å². The summed E-state index contributed by atoms with van der Waals surface area (Å²) in [5.74, 6) is -0.213. The first-order valence-corrected chi connectivity index (χ1v) is 9.59. The summed E-state index contributed by atoms with van der Waals surface area (Å²) in [5, 5.41) is 8.94. The van der Waals surface area contributed by atoms with Gasteiger partial charge in [-0.05, 0) is 35.9 Å². The minimum atomic E-state index is -0.109. The molecule has 1 aromatic heterocycles. The molecule has 0 spiro atoms. The number of rotatable bonds is 6. The van der Waals surface area contributed by atoms with Gasteiger partial charge in [-0.15, -0.1) is 11.3 Å². The first-order valence-electron chi connectivity index (χ1n) is 8.34. The van der Waals surface area contributed by atoms with Crippen molar-refractivity contribution in [2.24, 2.45) is 0 Å². The predicted octanol–water partition coefficient (Wildman–Crippen LogP) is 4.28. The molecule has 5 nitrogen and oxygen atoms in total. The zero-order valence-corrected chi connectivity index (χ0v) is 16.2. The van der Waals surface area contributed by atoms with Gasteiger partial charge in [-0.25, -0.2) is 4.98 Å². The lowest BCUT2D eigenvalue weighted by atomic mass is 10.2. The van der Waals surface area contributed by atoms with Gasteiger partial charge >= 0.3 is 0 Å². The smallest absolute Gasteiger partial charge is 0.226 e. The average Bonchev–Trinajstić information content (AvgIpc) is 3.09. The highest BCUT2D eigenvalue weighted by Crippen LogP contribution is 2.25. The Morgan fingerprint density at radius 2 is 1.85 bits per heavy atom. The zero-order valence-electron chi connectivity index (χ0n) is 14.7. The lowest BCUT2D eigenvalue weighted by Gasteiger charge is -2.06. The minimum Gasteiger partial charge on any atom is -0.352 e. The molecule has 0 aliphatic heterocycles. The number of hydrogen-bond acceptors (Lipinski definition) is 4. The summed E-state index contributed by atoms with van der Waals surface area (Å²) in [4.78, 5) is 27.8. The quantitative estimate of drug-likeness (QED) is 0.649. The van der Waals surface area contributed by atoms with Crippen molar-refractivity contribution in [2.75, 3.05) is 5.32 Å². The largest absolute Gasteiger partial charge is 0.352 e. The molecule has 0 aliphatic carbocycles. The number of benzene rings is 2. The van der Waals surface area contributed by atoms with Crippen molar-refractivity contribution in [1.29, 1.82) is 0 Å². The Morgan fingerprint density at radius 3 is 2.56 bits per heavy atom. The third-order valence-electron chi connectivity index (χ3n) is 3.78. The van der Waals surface area contributed by atoms with Gasteiger partial charge in [0.25, 0.3) is 0 Å². The Hall–Kier alpha value is -2.70. The van der Waals surface area contributed by atoms with Gasteiger partial charge in [0.05, 0.1) is 12.1 Å². The maximum absolute atomic E-state index is 12.2. The summed E-state index contributed by atoms with van der Waals surface area (Å²) in [7, 11) is 0. The van der Waals surface area contributed by atoms with Crippen molar-refractivity contribution >= 4 is 40.4 Å². The van der Waals surface area contributed by atoms with Crippen LogP contribution in [0.15, 0.2) is 53.9 Å². The Bertz CT molecular complexity index is 954. The monoisotopic (exact) mass is 399 g/mol. The lowest BCUT2D eigenvalue weighted by molar-refractivity contribution is -0.120. The SMILES string of the molecule is CC(=O)Nc1ccc(-c2nc(CC(=O)NCc3ccccc3Cl)cs2)cc1. The van der Waals surface area contributed by atoms with Gasteiger partial charge in [0.2, 0.25) is 11.8 Å². The number of aromatic nitrogens is 1. The molecule has 2 amide bonds. The second-order valence-electron chi connectivity index (χ2n) is 5.95. The van der Waals surface area contributed by atoms with E-state index >= 15 is 0 Å². The van der Waals surface area contributed by atoms with Gasteiger partial charge in [-0.2, -0.15) is 0 Å². The van der Waals surface area contributed by atoms with E-state index in [9.17, 15) is 9.59 Å². The van der Waals surface area contributed by atoms with E-state index in [-0.39, 0.29) is 18.2 Å². The van der Waals surface area contributed by atoms with Crippen molar-refractivity contribution in [3.8, 4) is 10.6 Å². The van der Waals surface area contributed by atoms with Crippen LogP contribution in [0.5, 0.6) is 0 Å². The van der Waals surface area contributed by atoms with E-state index in [0.29, 0.717) is 11.6 Å². The third-order valence-corrected chi connectivity index (χ3v) is 5.09. The van der Waals surface area contributed by atoms with Crippen molar-refractivity contribution in [1.82, 2.24) is 10.3 Å². The van der Waals surface area contributed by atoms with Gasteiger partial charge < -0.3 is 10.6 Å². The van der Waals surface area contributed by atoms with Gasteiger partial charge in [-0.3, -0.25) is 9.59 Å². The second kappa shape index (κ2) is 8.79. The fraction of sp³-hybridized carbons (Fsp3) is 0.150. The van der Waals surface area contributed by atoms with E-state index in [1.807, 2.05) is 47.8 Å². The minimum absolute atomic E-state index is 0.104. The summed E-state index contributed by atoms with van der Waals surface area (Å²) >= 11 is 7.57. The molecular formula is C20H18ClN3O2S. The topological polar surface area (TPSA) is 71.1 Å². The van der Waals surface area contributed by atoms with Crippen LogP contribution in [0.2, 0.25) is 5.02 Å². The van der Waals surface area contributed by atoms with E-state index in [0.717, 1.165) is 27.5 Å². The van der Waals surface area contributed by atoms with Gasteiger partial charge in [0, 0.05) is 35.1 Å². The van der Waals surface area contributed by atoms with Crippen molar-refractivity contribution in [3.05, 3.63) is 70.2 Å². The van der Waals surface area contributed by atoms with Crippen LogP contribution in [0.25, 0.3) is 10.6 Å². The van der Waals surface area contributed by atoms with Crippen molar-refractivity contribution < 1.29 is 9.59 Å². The normalized spacial score (nSPS) is 10.4. The molecule has 0 bridgehead atoms. The molecule has 0 radical (unpaired) electrons. The Kier molecular flexibility index (Phi) is 6.21. The highest BCUT2D eigenvalue weighted by molar-refractivity contribution is 7.13. The molecule has 2 N–H and O–H groups in total. The van der Waals surface area contributed by atoms with Crippen LogP contribution in [0.3, 0.4) is 0 Å². The number of nitrogens with zero attached hydrogens (tertiary/aromatic N) is 1. The molecule has 0 fully saturated rings. The number of halogens is 1. The standard InChI is InChI=1S/C20H18ClN3O2S/c1-13(25)23-16-8-6-14(7-9-16)20-24-17(12-27-20)10-19(26)22-11-15-4-2-3-5-18(15)21/h2-9,12H,10-11H2,1H3,(H,22,26)(H,23,25). The first kappa shape index (κ1) is 19.1. The number of amides is 2. The van der Waals surface area contributed by atoms with E-state index in [2.05, 4.69) is 15.6 Å². The second-order valence-corrected chi connectivity index (χ2v) is 7.21. The molecule has 1 heterocycles. The molecular weight excluding hydrogens is 382 g/mol. The molecule has 7 heteroatoms. The number of nitrogens with one attached hydrogen (secondary N) is 2. The van der Waals surface area contributed by atoms with Crippen LogP contribution in [0.4, 0.5) is 5.69 Å². The number of thiazole rings is 1. The third kappa shape index (κ3) is 5.39. The van der Waals surface area contributed by atoms with Crippen LogP contribution in [-0.2, 0) is 22.6 Å². The summed E-state index contributed by atoms with van der Waals surface area (Å²) < 4.78 is 0. The fourth-order valence-electron chi connectivity index (χ4n) is 2.48. The Labute approximate surface area is 166 Å². The molecule has 138 valence electrons. The molecule has 0 aliphatic rings. The first-order chi connectivity index (χ1) is 13.0. The van der Waals surface area contributed by atoms with Crippen molar-refractivity contribution in [3.63, 3.8) is 0 Å². The van der Waals surface area contributed by atoms with Crippen molar-refractivity contribution in [2.45, 2.75) is 19.9 Å². The fourth-order valence-corrected chi connectivity index (χ4v) is 3.51. The van der Waals surface area contributed by atoms with E-state index < -0.39 is 0 Å². The molecule has 2 aromatic carbocycles. The highest BCUT2D eigenvalue weighted by atomic mass is 35.5. The number of carbonyl (C=O) groups is 2. The molecule has 0 saturated heterocycles. The highest BCUT2D eigenvalue weighted by Gasteiger charge is 2.10. The zero-order chi connectivity index (χ0) is 19.2. The van der Waals surface area contributed by atoms with Crippen LogP contribution in [0, 0.1) is 0 Å². The van der Waals surface area contributed by atoms with E-state index in [1.165, 1.54) is 18.3 Å². The summed E-state index contributed by atoms with van der Waals surface area (Å²) in [5.41, 5.74) is 3.28. The van der Waals surface area contributed by atoms with Crippen LogP contribution >= 0.6 is 22.9 Å². The van der Waals surface area contributed by atoms with Crippen LogP contribution in [-0.4, -0.2) is 16.8 Å². The lowest BCUT2D eigenvalue weighted by Crippen LogP contribution is -2.24. The molecule has 3 aromatic rings. The van der Waals surface area contributed by atoms with Gasteiger partial charge in [0.15, 0.2) is 0 Å². The number of hydrogen-bond donors (Lipinski definition) is 2. The van der Waals surface area contributed by atoms with Gasteiger partial charge in [-0.1, -0.05) is 29.8 Å². The maximum atomic E-state index is 12.2. The predicted molar refractivity (Wildman–Crippen MR) is 109 cm³/mol. The molecule has 0 unspecified atom stereocenters.